The molecule has 0 aromatic heterocycles. The van der Waals surface area contributed by atoms with Crippen molar-refractivity contribution in [2.45, 2.75) is 38.3 Å². The SMILES string of the molecule is CC(C)(NC(=O)NCC(=O)NC1CC1)C(=O)O. The summed E-state index contributed by atoms with van der Waals surface area (Å²) in [5.41, 5.74) is -1.36. The predicted molar refractivity (Wildman–Crippen MR) is 59.4 cm³/mol. The molecular weight excluding hydrogens is 226 g/mol. The minimum Gasteiger partial charge on any atom is -0.480 e. The summed E-state index contributed by atoms with van der Waals surface area (Å²) in [6.45, 7) is 2.57. The first-order valence-corrected chi connectivity index (χ1v) is 5.40. The van der Waals surface area contributed by atoms with Crippen molar-refractivity contribution in [1.29, 1.82) is 0 Å². The van der Waals surface area contributed by atoms with Gasteiger partial charge < -0.3 is 21.1 Å². The quantitative estimate of drug-likeness (QED) is 0.518. The Morgan fingerprint density at radius 2 is 1.88 bits per heavy atom. The van der Waals surface area contributed by atoms with E-state index in [-0.39, 0.29) is 18.5 Å². The van der Waals surface area contributed by atoms with Crippen LogP contribution in [0.2, 0.25) is 0 Å². The lowest BCUT2D eigenvalue weighted by molar-refractivity contribution is -0.142. The number of amides is 3. The molecule has 1 saturated carbocycles. The lowest BCUT2D eigenvalue weighted by Crippen LogP contribution is -2.54. The van der Waals surface area contributed by atoms with Crippen LogP contribution in [0.25, 0.3) is 0 Å². The number of carboxylic acids is 1. The normalized spacial score (nSPS) is 14.9. The Morgan fingerprint density at radius 3 is 2.35 bits per heavy atom. The summed E-state index contributed by atoms with van der Waals surface area (Å²) in [5, 5.41) is 16.0. The van der Waals surface area contributed by atoms with Crippen molar-refractivity contribution in [3.05, 3.63) is 0 Å². The van der Waals surface area contributed by atoms with Crippen molar-refractivity contribution < 1.29 is 19.5 Å². The molecule has 0 radical (unpaired) electrons. The summed E-state index contributed by atoms with van der Waals surface area (Å²) in [6, 6.07) is -0.439. The van der Waals surface area contributed by atoms with Gasteiger partial charge in [-0.2, -0.15) is 0 Å². The van der Waals surface area contributed by atoms with Crippen LogP contribution in [-0.4, -0.2) is 41.1 Å². The van der Waals surface area contributed by atoms with E-state index < -0.39 is 17.5 Å². The van der Waals surface area contributed by atoms with Crippen molar-refractivity contribution in [2.75, 3.05) is 6.54 Å². The second kappa shape index (κ2) is 5.03. The fraction of sp³-hybridized carbons (Fsp3) is 0.700. The van der Waals surface area contributed by atoms with E-state index in [9.17, 15) is 14.4 Å². The third-order valence-electron chi connectivity index (χ3n) is 2.31. The van der Waals surface area contributed by atoms with Crippen molar-refractivity contribution >= 4 is 17.9 Å². The Labute approximate surface area is 98.9 Å². The van der Waals surface area contributed by atoms with E-state index in [2.05, 4.69) is 16.0 Å². The second-order valence-electron chi connectivity index (χ2n) is 4.58. The van der Waals surface area contributed by atoms with E-state index in [1.807, 2.05) is 0 Å². The van der Waals surface area contributed by atoms with Gasteiger partial charge in [-0.25, -0.2) is 9.59 Å². The van der Waals surface area contributed by atoms with Crippen molar-refractivity contribution in [1.82, 2.24) is 16.0 Å². The molecule has 0 saturated heterocycles. The highest BCUT2D eigenvalue weighted by molar-refractivity contribution is 5.88. The van der Waals surface area contributed by atoms with Gasteiger partial charge in [-0.15, -0.1) is 0 Å². The molecule has 7 nitrogen and oxygen atoms in total. The van der Waals surface area contributed by atoms with Gasteiger partial charge in [0.05, 0.1) is 6.54 Å². The number of aliphatic carboxylic acids is 1. The number of carboxylic acid groups (broad SMARTS) is 1. The summed E-state index contributed by atoms with van der Waals surface area (Å²) < 4.78 is 0. The van der Waals surface area contributed by atoms with Crippen LogP contribution < -0.4 is 16.0 Å². The van der Waals surface area contributed by atoms with E-state index in [0.717, 1.165) is 12.8 Å². The first-order valence-electron chi connectivity index (χ1n) is 5.40. The van der Waals surface area contributed by atoms with E-state index in [1.165, 1.54) is 13.8 Å². The smallest absolute Gasteiger partial charge is 0.328 e. The first kappa shape index (κ1) is 13.3. The van der Waals surface area contributed by atoms with Gasteiger partial charge in [-0.1, -0.05) is 0 Å². The molecule has 0 aromatic rings. The van der Waals surface area contributed by atoms with Gasteiger partial charge in [-0.3, -0.25) is 4.79 Å². The van der Waals surface area contributed by atoms with Crippen LogP contribution in [0, 0.1) is 0 Å². The number of hydrogen-bond acceptors (Lipinski definition) is 3. The van der Waals surface area contributed by atoms with Gasteiger partial charge in [0.2, 0.25) is 5.91 Å². The molecule has 1 rings (SSSR count). The van der Waals surface area contributed by atoms with Crippen LogP contribution >= 0.6 is 0 Å². The summed E-state index contributed by atoms with van der Waals surface area (Å²) >= 11 is 0. The van der Waals surface area contributed by atoms with E-state index in [1.54, 1.807) is 0 Å². The van der Waals surface area contributed by atoms with Crippen molar-refractivity contribution in [3.63, 3.8) is 0 Å². The number of hydrogen-bond donors (Lipinski definition) is 4. The summed E-state index contributed by atoms with van der Waals surface area (Å²) in [4.78, 5) is 33.3. The van der Waals surface area contributed by atoms with Crippen LogP contribution in [0.5, 0.6) is 0 Å². The number of urea groups is 1. The standard InChI is InChI=1S/C10H17N3O4/c1-10(2,8(15)16)13-9(17)11-5-7(14)12-6-3-4-6/h6H,3-5H2,1-2H3,(H,12,14)(H,15,16)(H2,11,13,17). The highest BCUT2D eigenvalue weighted by Crippen LogP contribution is 2.18. The Morgan fingerprint density at radius 1 is 1.29 bits per heavy atom. The molecule has 96 valence electrons. The maximum absolute atomic E-state index is 11.3. The zero-order valence-corrected chi connectivity index (χ0v) is 9.87. The van der Waals surface area contributed by atoms with Gasteiger partial charge >= 0.3 is 12.0 Å². The van der Waals surface area contributed by atoms with Gasteiger partial charge in [0.25, 0.3) is 0 Å². The molecule has 4 N–H and O–H groups in total. The van der Waals surface area contributed by atoms with Gasteiger partial charge in [0, 0.05) is 6.04 Å². The molecule has 0 aliphatic heterocycles. The largest absolute Gasteiger partial charge is 0.480 e. The molecule has 0 atom stereocenters. The Hall–Kier alpha value is -1.79. The average molecular weight is 243 g/mol. The van der Waals surface area contributed by atoms with E-state index in [0.29, 0.717) is 0 Å². The van der Waals surface area contributed by atoms with Gasteiger partial charge in [0.15, 0.2) is 0 Å². The van der Waals surface area contributed by atoms with Crippen LogP contribution in [-0.2, 0) is 9.59 Å². The zero-order valence-electron chi connectivity index (χ0n) is 9.87. The lowest BCUT2D eigenvalue weighted by Gasteiger charge is -2.21. The molecule has 3 amide bonds. The average Bonchev–Trinajstić information content (AvgIpc) is 2.97. The topological polar surface area (TPSA) is 108 Å². The molecule has 0 unspecified atom stereocenters. The van der Waals surface area contributed by atoms with Gasteiger partial charge in [-0.05, 0) is 26.7 Å². The second-order valence-corrected chi connectivity index (χ2v) is 4.58. The van der Waals surface area contributed by atoms with E-state index >= 15 is 0 Å². The third kappa shape index (κ3) is 4.71. The molecule has 1 aliphatic rings. The Bertz CT molecular complexity index is 336. The third-order valence-corrected chi connectivity index (χ3v) is 2.31. The number of rotatable bonds is 5. The summed E-state index contributed by atoms with van der Waals surface area (Å²) in [6.07, 6.45) is 1.95. The molecule has 0 aromatic carbocycles. The first-order chi connectivity index (χ1) is 7.81. The maximum atomic E-state index is 11.3. The monoisotopic (exact) mass is 243 g/mol. The minimum absolute atomic E-state index is 0.155. The zero-order chi connectivity index (χ0) is 13.1. The summed E-state index contributed by atoms with van der Waals surface area (Å²) in [7, 11) is 0. The van der Waals surface area contributed by atoms with Crippen LogP contribution in [0.15, 0.2) is 0 Å². The number of carbonyl (C=O) groups excluding carboxylic acids is 2. The van der Waals surface area contributed by atoms with Crippen molar-refractivity contribution in [2.24, 2.45) is 0 Å². The molecule has 0 heterocycles. The minimum atomic E-state index is -1.36. The van der Waals surface area contributed by atoms with Gasteiger partial charge in [0.1, 0.15) is 5.54 Å². The van der Waals surface area contributed by atoms with Crippen molar-refractivity contribution in [3.8, 4) is 0 Å². The molecule has 0 spiro atoms. The Kier molecular flexibility index (Phi) is 3.93. The highest BCUT2D eigenvalue weighted by atomic mass is 16.4. The number of carbonyl (C=O) groups is 3. The van der Waals surface area contributed by atoms with Crippen LogP contribution in [0.3, 0.4) is 0 Å². The Balaban J connectivity index is 2.24. The molecule has 0 bridgehead atoms. The van der Waals surface area contributed by atoms with E-state index in [4.69, 9.17) is 5.11 Å². The van der Waals surface area contributed by atoms with Crippen LogP contribution in [0.4, 0.5) is 4.79 Å². The molecular formula is C10H17N3O4. The fourth-order valence-corrected chi connectivity index (χ4v) is 1.05. The number of nitrogens with one attached hydrogen (secondary N) is 3. The molecule has 1 fully saturated rings. The maximum Gasteiger partial charge on any atom is 0.328 e. The molecule has 1 aliphatic carbocycles. The fourth-order valence-electron chi connectivity index (χ4n) is 1.05. The summed E-state index contributed by atoms with van der Waals surface area (Å²) in [5.74, 6) is -1.41. The predicted octanol–water partition coefficient (Wildman–Crippen LogP) is -0.573. The molecule has 17 heavy (non-hydrogen) atoms. The lowest BCUT2D eigenvalue weighted by atomic mass is 10.1. The molecule has 7 heteroatoms. The van der Waals surface area contributed by atoms with Crippen LogP contribution in [0.1, 0.15) is 26.7 Å². The highest BCUT2D eigenvalue weighted by Gasteiger charge is 2.29.